The Balaban J connectivity index is 1.79. The molecule has 0 saturated heterocycles. The van der Waals surface area contributed by atoms with E-state index in [0.29, 0.717) is 34.8 Å². The maximum Gasteiger partial charge on any atom is 0.261 e. The van der Waals surface area contributed by atoms with Crippen LogP contribution in [0.1, 0.15) is 45.7 Å². The highest BCUT2D eigenvalue weighted by Crippen LogP contribution is 2.22. The number of carbonyl (C=O) groups excluding carboxylic acids is 2. The van der Waals surface area contributed by atoms with Crippen molar-refractivity contribution in [2.45, 2.75) is 32.6 Å². The lowest BCUT2D eigenvalue weighted by Crippen LogP contribution is -2.27. The van der Waals surface area contributed by atoms with E-state index in [1.807, 2.05) is 13.8 Å². The van der Waals surface area contributed by atoms with Gasteiger partial charge in [-0.25, -0.2) is 12.8 Å². The van der Waals surface area contributed by atoms with Crippen LogP contribution < -0.4 is 15.4 Å². The van der Waals surface area contributed by atoms with Gasteiger partial charge in [-0.05, 0) is 85.5 Å². The largest absolute Gasteiger partial charge is 0.352 e. The van der Waals surface area contributed by atoms with E-state index in [0.717, 1.165) is 12.1 Å². The summed E-state index contributed by atoms with van der Waals surface area (Å²) in [6.45, 7) is 8.05. The fraction of sp³-hybridized carbons (Fsp3) is 0.231. The van der Waals surface area contributed by atoms with Crippen molar-refractivity contribution >= 4 is 33.2 Å². The molecule has 0 heterocycles. The number of aryl methyl sites for hydroxylation is 2. The average Bonchev–Trinajstić information content (AvgIpc) is 2.80. The highest BCUT2D eigenvalue weighted by atomic mass is 32.2. The molecule has 3 N–H and O–H groups in total. The summed E-state index contributed by atoms with van der Waals surface area (Å²) in [6, 6.07) is 14.1. The van der Waals surface area contributed by atoms with E-state index in [2.05, 4.69) is 15.4 Å². The van der Waals surface area contributed by atoms with Crippen LogP contribution in [0.2, 0.25) is 0 Å². The lowest BCUT2D eigenvalue weighted by atomic mass is 10.1. The monoisotopic (exact) mass is 497 g/mol. The maximum atomic E-state index is 13.1. The number of hydrogen-bond acceptors (Lipinski definition) is 4. The van der Waals surface area contributed by atoms with Gasteiger partial charge in [0.15, 0.2) is 0 Å². The van der Waals surface area contributed by atoms with Gasteiger partial charge in [-0.1, -0.05) is 19.9 Å². The van der Waals surface area contributed by atoms with E-state index in [-0.39, 0.29) is 22.1 Å². The summed E-state index contributed by atoms with van der Waals surface area (Å²) in [4.78, 5) is 25.2. The fourth-order valence-corrected chi connectivity index (χ4v) is 4.36. The first-order valence-electron chi connectivity index (χ1n) is 11.1. The van der Waals surface area contributed by atoms with Gasteiger partial charge in [0.2, 0.25) is 0 Å². The van der Waals surface area contributed by atoms with Crippen LogP contribution in [0.15, 0.2) is 65.6 Å². The zero-order valence-corrected chi connectivity index (χ0v) is 20.8. The zero-order valence-electron chi connectivity index (χ0n) is 20.0. The smallest absolute Gasteiger partial charge is 0.261 e. The average molecular weight is 498 g/mol. The van der Waals surface area contributed by atoms with Crippen molar-refractivity contribution in [3.63, 3.8) is 0 Å². The molecule has 0 spiro atoms. The second kappa shape index (κ2) is 10.7. The van der Waals surface area contributed by atoms with Crippen molar-refractivity contribution in [2.24, 2.45) is 5.92 Å². The Morgan fingerprint density at radius 2 is 1.57 bits per heavy atom. The van der Waals surface area contributed by atoms with Gasteiger partial charge in [-0.2, -0.15) is 0 Å². The van der Waals surface area contributed by atoms with Crippen LogP contribution in [0.25, 0.3) is 0 Å². The molecule has 35 heavy (non-hydrogen) atoms. The maximum absolute atomic E-state index is 13.1. The van der Waals surface area contributed by atoms with E-state index in [4.69, 9.17) is 0 Å². The van der Waals surface area contributed by atoms with Crippen LogP contribution in [-0.2, 0) is 10.0 Å². The van der Waals surface area contributed by atoms with E-state index < -0.39 is 21.7 Å². The Morgan fingerprint density at radius 1 is 0.886 bits per heavy atom. The summed E-state index contributed by atoms with van der Waals surface area (Å²) < 4.78 is 41.1. The molecule has 3 rings (SSSR count). The summed E-state index contributed by atoms with van der Waals surface area (Å²) in [7, 11) is -4.00. The highest BCUT2D eigenvalue weighted by Gasteiger charge is 2.19. The number of benzene rings is 3. The van der Waals surface area contributed by atoms with Gasteiger partial charge in [-0.15, -0.1) is 0 Å². The Morgan fingerprint density at radius 3 is 2.20 bits per heavy atom. The topological polar surface area (TPSA) is 104 Å². The van der Waals surface area contributed by atoms with Gasteiger partial charge in [0, 0.05) is 29.0 Å². The molecule has 9 heteroatoms. The Bertz CT molecular complexity index is 1350. The molecular formula is C26H28FN3O4S. The van der Waals surface area contributed by atoms with Crippen molar-refractivity contribution in [3.8, 4) is 0 Å². The van der Waals surface area contributed by atoms with Crippen molar-refractivity contribution in [1.82, 2.24) is 5.32 Å². The van der Waals surface area contributed by atoms with Crippen molar-refractivity contribution < 1.29 is 22.4 Å². The summed E-state index contributed by atoms with van der Waals surface area (Å²) in [6.07, 6.45) is 0. The summed E-state index contributed by atoms with van der Waals surface area (Å²) in [5, 5.41) is 5.64. The predicted molar refractivity (Wildman–Crippen MR) is 135 cm³/mol. The van der Waals surface area contributed by atoms with E-state index in [9.17, 15) is 22.4 Å². The molecule has 0 atom stereocenters. The van der Waals surface area contributed by atoms with Gasteiger partial charge in [-0.3, -0.25) is 14.3 Å². The van der Waals surface area contributed by atoms with Crippen LogP contribution in [0, 0.1) is 25.6 Å². The van der Waals surface area contributed by atoms with Crippen LogP contribution in [0.5, 0.6) is 0 Å². The van der Waals surface area contributed by atoms with E-state index in [1.54, 1.807) is 38.1 Å². The molecule has 0 aliphatic carbocycles. The quantitative estimate of drug-likeness (QED) is 0.413. The van der Waals surface area contributed by atoms with Crippen LogP contribution in [-0.4, -0.2) is 26.8 Å². The van der Waals surface area contributed by atoms with Crippen molar-refractivity contribution in [1.29, 1.82) is 0 Å². The van der Waals surface area contributed by atoms with E-state index >= 15 is 0 Å². The summed E-state index contributed by atoms with van der Waals surface area (Å²) >= 11 is 0. The first-order valence-corrected chi connectivity index (χ1v) is 12.5. The normalized spacial score (nSPS) is 11.3. The number of nitrogens with one attached hydrogen (secondary N) is 3. The molecule has 0 aliphatic heterocycles. The van der Waals surface area contributed by atoms with Gasteiger partial charge in [0.1, 0.15) is 5.82 Å². The van der Waals surface area contributed by atoms with E-state index in [1.165, 1.54) is 24.3 Å². The second-order valence-electron chi connectivity index (χ2n) is 8.68. The number of anilines is 2. The van der Waals surface area contributed by atoms with Gasteiger partial charge in [0.05, 0.1) is 4.90 Å². The van der Waals surface area contributed by atoms with Crippen molar-refractivity contribution in [3.05, 3.63) is 88.7 Å². The number of amides is 2. The molecule has 7 nitrogen and oxygen atoms in total. The molecule has 3 aromatic carbocycles. The summed E-state index contributed by atoms with van der Waals surface area (Å²) in [5.74, 6) is -0.836. The number of carbonyl (C=O) groups is 2. The van der Waals surface area contributed by atoms with Crippen LogP contribution >= 0.6 is 0 Å². The zero-order chi connectivity index (χ0) is 25.8. The first-order chi connectivity index (χ1) is 16.5. The molecule has 0 saturated carbocycles. The molecule has 0 aliphatic rings. The fourth-order valence-electron chi connectivity index (χ4n) is 3.28. The SMILES string of the molecule is Cc1cc(C(=O)NCC(C)C)ccc1NC(=O)c1cc(S(=O)(=O)Nc2ccc(F)cc2)ccc1C. The lowest BCUT2D eigenvalue weighted by Gasteiger charge is -2.14. The standard InChI is InChI=1S/C26H28FN3O4S/c1-16(2)15-28-25(31)19-6-12-24(18(4)13-19)29-26(32)23-14-22(11-5-17(23)3)35(33,34)30-21-9-7-20(27)8-10-21/h5-14,16,30H,15H2,1-4H3,(H,28,31)(H,29,32). The minimum atomic E-state index is -4.00. The molecule has 0 fully saturated rings. The third-order valence-electron chi connectivity index (χ3n) is 5.27. The molecule has 2 amide bonds. The van der Waals surface area contributed by atoms with Crippen LogP contribution in [0.3, 0.4) is 0 Å². The van der Waals surface area contributed by atoms with Gasteiger partial charge in [0.25, 0.3) is 21.8 Å². The molecule has 0 aromatic heterocycles. The number of rotatable bonds is 8. The molecular weight excluding hydrogens is 469 g/mol. The Kier molecular flexibility index (Phi) is 7.91. The molecule has 0 radical (unpaired) electrons. The number of sulfonamides is 1. The highest BCUT2D eigenvalue weighted by molar-refractivity contribution is 7.92. The molecule has 3 aromatic rings. The van der Waals surface area contributed by atoms with Gasteiger partial charge < -0.3 is 10.6 Å². The predicted octanol–water partition coefficient (Wildman–Crippen LogP) is 4.88. The number of halogens is 1. The first kappa shape index (κ1) is 25.9. The molecule has 0 bridgehead atoms. The minimum absolute atomic E-state index is 0.105. The summed E-state index contributed by atoms with van der Waals surface area (Å²) in [5.41, 5.74) is 2.65. The molecule has 184 valence electrons. The second-order valence-corrected chi connectivity index (χ2v) is 10.4. The Hall–Kier alpha value is -3.72. The van der Waals surface area contributed by atoms with Crippen LogP contribution in [0.4, 0.5) is 15.8 Å². The molecule has 0 unspecified atom stereocenters. The minimum Gasteiger partial charge on any atom is -0.352 e. The van der Waals surface area contributed by atoms with Gasteiger partial charge >= 0.3 is 0 Å². The number of hydrogen-bond donors (Lipinski definition) is 3. The third kappa shape index (κ3) is 6.66. The Labute approximate surface area is 204 Å². The van der Waals surface area contributed by atoms with Crippen molar-refractivity contribution in [2.75, 3.05) is 16.6 Å². The third-order valence-corrected chi connectivity index (χ3v) is 6.65. The lowest BCUT2D eigenvalue weighted by molar-refractivity contribution is 0.0948.